The van der Waals surface area contributed by atoms with Crippen LogP contribution in [0, 0.1) is 0 Å². The van der Waals surface area contributed by atoms with E-state index in [1.807, 2.05) is 24.3 Å². The van der Waals surface area contributed by atoms with E-state index in [0.29, 0.717) is 13.2 Å². The van der Waals surface area contributed by atoms with E-state index in [1.165, 1.54) is 4.88 Å². The normalized spacial score (nSPS) is 10.3. The molecule has 0 amide bonds. The zero-order chi connectivity index (χ0) is 12.8. The molecule has 0 spiro atoms. The number of thiophene rings is 1. The summed E-state index contributed by atoms with van der Waals surface area (Å²) in [6.07, 6.45) is 2.73. The second kappa shape index (κ2) is 6.61. The summed E-state index contributed by atoms with van der Waals surface area (Å²) in [7, 11) is 0. The van der Waals surface area contributed by atoms with Gasteiger partial charge in [0, 0.05) is 11.1 Å². The SMILES string of the molecule is CCCOc1cccnc1NCc1ccc(Cl)s1. The van der Waals surface area contributed by atoms with Crippen LogP contribution in [-0.2, 0) is 6.54 Å². The second-order valence-electron chi connectivity index (χ2n) is 3.76. The van der Waals surface area contributed by atoms with Crippen molar-refractivity contribution in [2.45, 2.75) is 19.9 Å². The third-order valence-corrected chi connectivity index (χ3v) is 3.52. The van der Waals surface area contributed by atoms with Crippen molar-refractivity contribution in [1.82, 2.24) is 4.98 Å². The van der Waals surface area contributed by atoms with Crippen molar-refractivity contribution in [3.05, 3.63) is 39.7 Å². The number of rotatable bonds is 6. The van der Waals surface area contributed by atoms with Crippen molar-refractivity contribution in [2.24, 2.45) is 0 Å². The summed E-state index contributed by atoms with van der Waals surface area (Å²) < 4.78 is 6.43. The van der Waals surface area contributed by atoms with Gasteiger partial charge in [0.25, 0.3) is 0 Å². The van der Waals surface area contributed by atoms with E-state index in [4.69, 9.17) is 16.3 Å². The predicted octanol–water partition coefficient (Wildman–Crippen LogP) is 4.20. The first-order chi connectivity index (χ1) is 8.79. The lowest BCUT2D eigenvalue weighted by Gasteiger charge is -2.10. The number of hydrogen-bond acceptors (Lipinski definition) is 4. The number of anilines is 1. The Bertz CT molecular complexity index is 501. The zero-order valence-corrected chi connectivity index (χ0v) is 11.7. The summed E-state index contributed by atoms with van der Waals surface area (Å²) in [5.74, 6) is 1.57. The standard InChI is InChI=1S/C13H15ClN2OS/c1-2-8-17-11-4-3-7-15-13(11)16-9-10-5-6-12(14)18-10/h3-7H,2,8-9H2,1H3,(H,15,16). The largest absolute Gasteiger partial charge is 0.490 e. The highest BCUT2D eigenvalue weighted by molar-refractivity contribution is 7.16. The highest BCUT2D eigenvalue weighted by Crippen LogP contribution is 2.25. The van der Waals surface area contributed by atoms with Gasteiger partial charge in [-0.3, -0.25) is 0 Å². The van der Waals surface area contributed by atoms with E-state index < -0.39 is 0 Å². The van der Waals surface area contributed by atoms with Crippen LogP contribution in [0.4, 0.5) is 5.82 Å². The van der Waals surface area contributed by atoms with Gasteiger partial charge in [-0.2, -0.15) is 0 Å². The first-order valence-electron chi connectivity index (χ1n) is 5.85. The fourth-order valence-corrected chi connectivity index (χ4v) is 2.50. The molecule has 0 fully saturated rings. The first-order valence-corrected chi connectivity index (χ1v) is 7.05. The minimum atomic E-state index is 0.700. The molecule has 96 valence electrons. The number of nitrogens with one attached hydrogen (secondary N) is 1. The smallest absolute Gasteiger partial charge is 0.169 e. The fraction of sp³-hybridized carbons (Fsp3) is 0.308. The van der Waals surface area contributed by atoms with E-state index in [1.54, 1.807) is 17.5 Å². The maximum Gasteiger partial charge on any atom is 0.169 e. The molecule has 0 saturated heterocycles. The molecule has 2 aromatic rings. The number of ether oxygens (including phenoxy) is 1. The molecule has 0 bridgehead atoms. The van der Waals surface area contributed by atoms with E-state index >= 15 is 0 Å². The lowest BCUT2D eigenvalue weighted by atomic mass is 10.4. The van der Waals surface area contributed by atoms with Gasteiger partial charge in [0.15, 0.2) is 11.6 Å². The van der Waals surface area contributed by atoms with Crippen LogP contribution >= 0.6 is 22.9 Å². The molecule has 0 aliphatic heterocycles. The minimum Gasteiger partial charge on any atom is -0.490 e. The molecule has 2 rings (SSSR count). The molecule has 0 aliphatic carbocycles. The van der Waals surface area contributed by atoms with Crippen LogP contribution in [0.5, 0.6) is 5.75 Å². The van der Waals surface area contributed by atoms with Gasteiger partial charge in [-0.05, 0) is 30.7 Å². The third-order valence-electron chi connectivity index (χ3n) is 2.29. The van der Waals surface area contributed by atoms with Crippen LogP contribution in [0.3, 0.4) is 0 Å². The minimum absolute atomic E-state index is 0.700. The number of pyridine rings is 1. The molecule has 5 heteroatoms. The first kappa shape index (κ1) is 13.2. The highest BCUT2D eigenvalue weighted by atomic mass is 35.5. The van der Waals surface area contributed by atoms with Gasteiger partial charge in [0.05, 0.1) is 17.5 Å². The summed E-state index contributed by atoms with van der Waals surface area (Å²) in [5, 5.41) is 3.27. The quantitative estimate of drug-likeness (QED) is 0.862. The molecule has 1 N–H and O–H groups in total. The molecule has 3 nitrogen and oxygen atoms in total. The number of halogens is 1. The lowest BCUT2D eigenvalue weighted by molar-refractivity contribution is 0.318. The van der Waals surface area contributed by atoms with Gasteiger partial charge in [0.2, 0.25) is 0 Å². The Morgan fingerprint density at radius 3 is 3.00 bits per heavy atom. The van der Waals surface area contributed by atoms with Crippen LogP contribution in [0.1, 0.15) is 18.2 Å². The van der Waals surface area contributed by atoms with Gasteiger partial charge in [-0.15, -0.1) is 11.3 Å². The van der Waals surface area contributed by atoms with Crippen LogP contribution in [-0.4, -0.2) is 11.6 Å². The van der Waals surface area contributed by atoms with Crippen molar-refractivity contribution in [1.29, 1.82) is 0 Å². The molecule has 0 atom stereocenters. The average molecular weight is 283 g/mol. The molecule has 0 radical (unpaired) electrons. The van der Waals surface area contributed by atoms with E-state index in [9.17, 15) is 0 Å². The summed E-state index contributed by atoms with van der Waals surface area (Å²) in [6, 6.07) is 7.70. The van der Waals surface area contributed by atoms with E-state index in [2.05, 4.69) is 17.2 Å². The molecule has 0 unspecified atom stereocenters. The Kier molecular flexibility index (Phi) is 4.84. The Hall–Kier alpha value is -1.26. The van der Waals surface area contributed by atoms with Crippen molar-refractivity contribution >= 4 is 28.8 Å². The fourth-order valence-electron chi connectivity index (χ4n) is 1.47. The van der Waals surface area contributed by atoms with Gasteiger partial charge in [-0.1, -0.05) is 18.5 Å². The van der Waals surface area contributed by atoms with Crippen LogP contribution in [0.2, 0.25) is 4.34 Å². The molecule has 0 aliphatic rings. The van der Waals surface area contributed by atoms with Crippen LogP contribution in [0.15, 0.2) is 30.5 Å². The maximum atomic E-state index is 5.89. The van der Waals surface area contributed by atoms with Crippen molar-refractivity contribution < 1.29 is 4.74 Å². The summed E-state index contributed by atoms with van der Waals surface area (Å²) in [5.41, 5.74) is 0. The van der Waals surface area contributed by atoms with Crippen molar-refractivity contribution in [3.63, 3.8) is 0 Å². The monoisotopic (exact) mass is 282 g/mol. The van der Waals surface area contributed by atoms with Crippen molar-refractivity contribution in [2.75, 3.05) is 11.9 Å². The Morgan fingerprint density at radius 2 is 2.28 bits per heavy atom. The topological polar surface area (TPSA) is 34.1 Å². The van der Waals surface area contributed by atoms with Crippen LogP contribution < -0.4 is 10.1 Å². The average Bonchev–Trinajstić information content (AvgIpc) is 2.81. The molecule has 18 heavy (non-hydrogen) atoms. The summed E-state index contributed by atoms with van der Waals surface area (Å²) in [4.78, 5) is 5.46. The van der Waals surface area contributed by atoms with Gasteiger partial charge < -0.3 is 10.1 Å². The Morgan fingerprint density at radius 1 is 1.39 bits per heavy atom. The molecule has 0 aromatic carbocycles. The van der Waals surface area contributed by atoms with Crippen molar-refractivity contribution in [3.8, 4) is 5.75 Å². The maximum absolute atomic E-state index is 5.89. The molecule has 0 saturated carbocycles. The summed E-state index contributed by atoms with van der Waals surface area (Å²) >= 11 is 7.46. The molecule has 2 aromatic heterocycles. The molecular weight excluding hydrogens is 268 g/mol. The van der Waals surface area contributed by atoms with Gasteiger partial charge in [-0.25, -0.2) is 4.98 Å². The lowest BCUT2D eigenvalue weighted by Crippen LogP contribution is -2.04. The van der Waals surface area contributed by atoms with Gasteiger partial charge in [0.1, 0.15) is 0 Å². The summed E-state index contributed by atoms with van der Waals surface area (Å²) in [6.45, 7) is 3.49. The molecular formula is C13H15ClN2OS. The number of hydrogen-bond donors (Lipinski definition) is 1. The molecule has 2 heterocycles. The third kappa shape index (κ3) is 3.62. The highest BCUT2D eigenvalue weighted by Gasteiger charge is 2.04. The van der Waals surface area contributed by atoms with Gasteiger partial charge >= 0.3 is 0 Å². The Labute approximate surface area is 116 Å². The van der Waals surface area contributed by atoms with E-state index in [0.717, 1.165) is 22.3 Å². The number of aromatic nitrogens is 1. The Balaban J connectivity index is 1.99. The van der Waals surface area contributed by atoms with Crippen LogP contribution in [0.25, 0.3) is 0 Å². The zero-order valence-electron chi connectivity index (χ0n) is 10.1. The predicted molar refractivity (Wildman–Crippen MR) is 76.7 cm³/mol. The number of nitrogens with zero attached hydrogens (tertiary/aromatic N) is 1. The second-order valence-corrected chi connectivity index (χ2v) is 5.56. The van der Waals surface area contributed by atoms with E-state index in [-0.39, 0.29) is 0 Å².